The first-order valence-electron chi connectivity index (χ1n) is 6.20. The molecule has 3 heterocycles. The van der Waals surface area contributed by atoms with Gasteiger partial charge in [0.05, 0.1) is 24.9 Å². The minimum atomic E-state index is -1.24. The Morgan fingerprint density at radius 2 is 2.44 bits per heavy atom. The fourth-order valence-corrected chi connectivity index (χ4v) is 3.03. The summed E-state index contributed by atoms with van der Waals surface area (Å²) in [6.45, 7) is 4.27. The van der Waals surface area contributed by atoms with Crippen molar-refractivity contribution < 1.29 is 24.1 Å². The van der Waals surface area contributed by atoms with Crippen molar-refractivity contribution in [2.45, 2.75) is 38.4 Å². The van der Waals surface area contributed by atoms with Crippen molar-refractivity contribution in [2.24, 2.45) is 5.92 Å². The lowest BCUT2D eigenvalue weighted by molar-refractivity contribution is -0.236. The number of hydrogen-bond donors (Lipinski definition) is 2. The number of nitrogens with one attached hydrogen (secondary N) is 1. The average molecular weight is 255 g/mol. The molecule has 6 nitrogen and oxygen atoms in total. The van der Waals surface area contributed by atoms with Gasteiger partial charge in [0.25, 0.3) is 0 Å². The summed E-state index contributed by atoms with van der Waals surface area (Å²) in [5, 5.41) is 13.4. The Bertz CT molecular complexity index is 421. The molecule has 18 heavy (non-hydrogen) atoms. The molecule has 0 spiro atoms. The molecule has 0 aromatic carbocycles. The number of carbonyl (C=O) groups is 1. The van der Waals surface area contributed by atoms with Gasteiger partial charge in [-0.3, -0.25) is 0 Å². The Balaban J connectivity index is 1.97. The second kappa shape index (κ2) is 3.94. The maximum Gasteiger partial charge on any atom is 0.336 e. The maximum absolute atomic E-state index is 12.0. The second-order valence-electron chi connectivity index (χ2n) is 4.96. The van der Waals surface area contributed by atoms with Crippen LogP contribution in [-0.4, -0.2) is 42.4 Å². The number of ether oxygens (including phenoxy) is 3. The molecule has 0 unspecified atom stereocenters. The van der Waals surface area contributed by atoms with Gasteiger partial charge >= 0.3 is 5.97 Å². The zero-order chi connectivity index (χ0) is 12.9. The van der Waals surface area contributed by atoms with E-state index in [1.54, 1.807) is 13.8 Å². The fraction of sp³-hybridized carbons (Fsp3) is 0.750. The molecule has 0 aromatic rings. The molecular weight excluding hydrogens is 238 g/mol. The average Bonchev–Trinajstić information content (AvgIpc) is 2.73. The van der Waals surface area contributed by atoms with Gasteiger partial charge in [0, 0.05) is 18.0 Å². The zero-order valence-corrected chi connectivity index (χ0v) is 10.4. The predicted molar refractivity (Wildman–Crippen MR) is 60.1 cm³/mol. The van der Waals surface area contributed by atoms with E-state index in [-0.39, 0.29) is 18.0 Å². The third-order valence-electron chi connectivity index (χ3n) is 3.75. The van der Waals surface area contributed by atoms with Gasteiger partial charge in [-0.25, -0.2) is 4.79 Å². The minimum absolute atomic E-state index is 0.172. The van der Waals surface area contributed by atoms with E-state index in [2.05, 4.69) is 5.32 Å². The van der Waals surface area contributed by atoms with E-state index in [9.17, 15) is 9.90 Å². The Kier molecular flexibility index (Phi) is 2.62. The van der Waals surface area contributed by atoms with Crippen LogP contribution in [0.25, 0.3) is 0 Å². The highest BCUT2D eigenvalue weighted by Gasteiger charge is 2.57. The number of hydrogen-bond acceptors (Lipinski definition) is 6. The van der Waals surface area contributed by atoms with Gasteiger partial charge in [0.1, 0.15) is 0 Å². The van der Waals surface area contributed by atoms with Crippen LogP contribution in [0, 0.1) is 5.92 Å². The lowest BCUT2D eigenvalue weighted by atomic mass is 9.80. The number of aliphatic hydroxyl groups is 1. The number of fused-ring (bicyclic) bond motifs is 6. The van der Waals surface area contributed by atoms with Crippen molar-refractivity contribution in [3.8, 4) is 0 Å². The minimum Gasteiger partial charge on any atom is -0.463 e. The number of rotatable bonds is 2. The Hall–Kier alpha value is -1.11. The van der Waals surface area contributed by atoms with E-state index in [4.69, 9.17) is 14.2 Å². The summed E-state index contributed by atoms with van der Waals surface area (Å²) >= 11 is 0. The Labute approximate surface area is 105 Å². The van der Waals surface area contributed by atoms with Gasteiger partial charge in [-0.1, -0.05) is 0 Å². The van der Waals surface area contributed by atoms with E-state index >= 15 is 0 Å². The van der Waals surface area contributed by atoms with Crippen molar-refractivity contribution in [2.75, 3.05) is 13.2 Å². The number of esters is 1. The first-order chi connectivity index (χ1) is 8.55. The summed E-state index contributed by atoms with van der Waals surface area (Å²) in [5.41, 5.74) is -0.0240. The van der Waals surface area contributed by atoms with E-state index in [1.807, 2.05) is 0 Å². The molecule has 0 aliphatic carbocycles. The first-order valence-corrected chi connectivity index (χ1v) is 6.20. The number of carbonyl (C=O) groups excluding carboxylic acids is 1. The van der Waals surface area contributed by atoms with Crippen LogP contribution >= 0.6 is 0 Å². The molecule has 100 valence electrons. The SMILES string of the molecule is CCOC(=O)C1=C(C)N[C@@]2(O)C[C@H]1[C@H]1CO[C@H]2O1. The molecule has 0 aromatic heterocycles. The molecule has 2 fully saturated rings. The van der Waals surface area contributed by atoms with Crippen molar-refractivity contribution in [3.05, 3.63) is 11.3 Å². The molecule has 6 heteroatoms. The number of allylic oxidation sites excluding steroid dienone is 1. The summed E-state index contributed by atoms with van der Waals surface area (Å²) in [7, 11) is 0. The summed E-state index contributed by atoms with van der Waals surface area (Å²) < 4.78 is 16.1. The molecule has 0 amide bonds. The van der Waals surface area contributed by atoms with Gasteiger partial charge in [0.15, 0.2) is 5.72 Å². The molecule has 0 saturated carbocycles. The highest BCUT2D eigenvalue weighted by Crippen LogP contribution is 2.44. The fourth-order valence-electron chi connectivity index (χ4n) is 3.03. The highest BCUT2D eigenvalue weighted by molar-refractivity contribution is 5.90. The van der Waals surface area contributed by atoms with Crippen LogP contribution in [0.5, 0.6) is 0 Å². The van der Waals surface area contributed by atoms with Crippen LogP contribution in [0.2, 0.25) is 0 Å². The lowest BCUT2D eigenvalue weighted by Crippen LogP contribution is -2.62. The van der Waals surface area contributed by atoms with Crippen molar-refractivity contribution in [1.82, 2.24) is 5.32 Å². The molecule has 3 aliphatic rings. The third kappa shape index (κ3) is 1.56. The standard InChI is InChI=1S/C12H17NO5/c1-3-16-10(14)9-6(2)13-12(15)4-7(9)8-5-17-11(12)18-8/h7-8,11,13,15H,3-5H2,1-2H3/t7-,8+,11-,12+/m0/s1. The molecule has 2 saturated heterocycles. The van der Waals surface area contributed by atoms with Gasteiger partial charge in [-0.2, -0.15) is 0 Å². The van der Waals surface area contributed by atoms with Crippen LogP contribution in [0.3, 0.4) is 0 Å². The smallest absolute Gasteiger partial charge is 0.336 e. The summed E-state index contributed by atoms with van der Waals surface area (Å²) in [6.07, 6.45) is -0.419. The zero-order valence-electron chi connectivity index (χ0n) is 10.4. The largest absolute Gasteiger partial charge is 0.463 e. The van der Waals surface area contributed by atoms with Crippen LogP contribution in [0.15, 0.2) is 11.3 Å². The first kappa shape index (κ1) is 12.0. The molecule has 2 N–H and O–H groups in total. The third-order valence-corrected chi connectivity index (χ3v) is 3.75. The molecule has 3 rings (SSSR count). The topological polar surface area (TPSA) is 77.0 Å². The molecule has 4 atom stereocenters. The molecule has 3 aliphatic heterocycles. The van der Waals surface area contributed by atoms with Crippen LogP contribution < -0.4 is 5.32 Å². The van der Waals surface area contributed by atoms with Crippen LogP contribution in [-0.2, 0) is 19.0 Å². The van der Waals surface area contributed by atoms with Crippen molar-refractivity contribution in [3.63, 3.8) is 0 Å². The van der Waals surface area contributed by atoms with E-state index in [0.29, 0.717) is 30.9 Å². The summed E-state index contributed by atoms with van der Waals surface area (Å²) in [6, 6.07) is 0. The van der Waals surface area contributed by atoms with Crippen LogP contribution in [0.4, 0.5) is 0 Å². The van der Waals surface area contributed by atoms with Crippen molar-refractivity contribution >= 4 is 5.97 Å². The molecule has 0 radical (unpaired) electrons. The van der Waals surface area contributed by atoms with Crippen molar-refractivity contribution in [1.29, 1.82) is 0 Å². The van der Waals surface area contributed by atoms with E-state index in [0.717, 1.165) is 0 Å². The summed E-state index contributed by atoms with van der Waals surface area (Å²) in [5.74, 6) is -0.516. The second-order valence-corrected chi connectivity index (χ2v) is 4.96. The normalized spacial score (nSPS) is 41.6. The Morgan fingerprint density at radius 1 is 1.67 bits per heavy atom. The Morgan fingerprint density at radius 3 is 3.17 bits per heavy atom. The lowest BCUT2D eigenvalue weighted by Gasteiger charge is -2.45. The quantitative estimate of drug-likeness (QED) is 0.670. The maximum atomic E-state index is 12.0. The summed E-state index contributed by atoms with van der Waals surface area (Å²) in [4.78, 5) is 12.0. The van der Waals surface area contributed by atoms with Gasteiger partial charge in [-0.15, -0.1) is 0 Å². The molecular formula is C12H17NO5. The van der Waals surface area contributed by atoms with Gasteiger partial charge < -0.3 is 24.6 Å². The monoisotopic (exact) mass is 255 g/mol. The molecule has 4 bridgehead atoms. The van der Waals surface area contributed by atoms with Gasteiger partial charge in [0.2, 0.25) is 6.29 Å². The highest BCUT2D eigenvalue weighted by atomic mass is 16.7. The van der Waals surface area contributed by atoms with E-state index in [1.165, 1.54) is 0 Å². The van der Waals surface area contributed by atoms with Gasteiger partial charge in [-0.05, 0) is 13.8 Å². The van der Waals surface area contributed by atoms with E-state index < -0.39 is 12.0 Å². The van der Waals surface area contributed by atoms with Crippen LogP contribution in [0.1, 0.15) is 20.3 Å². The predicted octanol–water partition coefficient (Wildman–Crippen LogP) is -0.123.